The van der Waals surface area contributed by atoms with E-state index < -0.39 is 0 Å². The van der Waals surface area contributed by atoms with E-state index in [9.17, 15) is 0 Å². The standard InChI is InChI=1S/C13H28N2/c1-11(2)12(14)5-8-15-9-6-13(3,4)7-10-15/h11-12H,5-10,14H2,1-4H3. The van der Waals surface area contributed by atoms with Crippen molar-refractivity contribution in [3.63, 3.8) is 0 Å². The molecule has 2 N–H and O–H groups in total. The van der Waals surface area contributed by atoms with Gasteiger partial charge in [-0.15, -0.1) is 0 Å². The molecule has 1 unspecified atom stereocenters. The van der Waals surface area contributed by atoms with Crippen LogP contribution in [0.5, 0.6) is 0 Å². The summed E-state index contributed by atoms with van der Waals surface area (Å²) in [6.45, 7) is 12.9. The van der Waals surface area contributed by atoms with Gasteiger partial charge in [-0.2, -0.15) is 0 Å². The number of piperidine rings is 1. The van der Waals surface area contributed by atoms with Crippen LogP contribution < -0.4 is 5.73 Å². The Labute approximate surface area is 95.2 Å². The fourth-order valence-electron chi connectivity index (χ4n) is 2.05. The molecule has 0 aromatic rings. The van der Waals surface area contributed by atoms with Crippen LogP contribution in [0.3, 0.4) is 0 Å². The summed E-state index contributed by atoms with van der Waals surface area (Å²) < 4.78 is 0. The summed E-state index contributed by atoms with van der Waals surface area (Å²) in [7, 11) is 0. The molecule has 0 bridgehead atoms. The summed E-state index contributed by atoms with van der Waals surface area (Å²) >= 11 is 0. The van der Waals surface area contributed by atoms with Crippen molar-refractivity contribution in [2.45, 2.75) is 53.0 Å². The SMILES string of the molecule is CC(C)C(N)CCN1CCC(C)(C)CC1. The second-order valence-electron chi connectivity index (χ2n) is 6.20. The van der Waals surface area contributed by atoms with Crippen LogP contribution in [0, 0.1) is 11.3 Å². The molecule has 0 aromatic heterocycles. The highest BCUT2D eigenvalue weighted by Gasteiger charge is 2.25. The lowest BCUT2D eigenvalue weighted by molar-refractivity contribution is 0.128. The first-order valence-corrected chi connectivity index (χ1v) is 6.39. The van der Waals surface area contributed by atoms with Gasteiger partial charge in [0.05, 0.1) is 0 Å². The minimum Gasteiger partial charge on any atom is -0.327 e. The van der Waals surface area contributed by atoms with Crippen LogP contribution in [0.1, 0.15) is 47.0 Å². The molecule has 90 valence electrons. The molecular weight excluding hydrogens is 184 g/mol. The molecule has 1 rings (SSSR count). The number of likely N-dealkylation sites (tertiary alicyclic amines) is 1. The highest BCUT2D eigenvalue weighted by atomic mass is 15.1. The molecule has 0 saturated carbocycles. The van der Waals surface area contributed by atoms with Crippen LogP contribution in [-0.2, 0) is 0 Å². The van der Waals surface area contributed by atoms with Crippen molar-refractivity contribution in [3.8, 4) is 0 Å². The van der Waals surface area contributed by atoms with Crippen LogP contribution in [0.15, 0.2) is 0 Å². The van der Waals surface area contributed by atoms with Gasteiger partial charge in [0.2, 0.25) is 0 Å². The van der Waals surface area contributed by atoms with Gasteiger partial charge in [-0.05, 0) is 50.2 Å². The molecule has 2 nitrogen and oxygen atoms in total. The van der Waals surface area contributed by atoms with E-state index in [1.807, 2.05) is 0 Å². The van der Waals surface area contributed by atoms with Gasteiger partial charge in [0.15, 0.2) is 0 Å². The van der Waals surface area contributed by atoms with Crippen LogP contribution in [0.25, 0.3) is 0 Å². The van der Waals surface area contributed by atoms with Crippen LogP contribution in [0.4, 0.5) is 0 Å². The first kappa shape index (κ1) is 13.0. The van der Waals surface area contributed by atoms with Gasteiger partial charge in [-0.25, -0.2) is 0 Å². The molecule has 0 aliphatic carbocycles. The van der Waals surface area contributed by atoms with Gasteiger partial charge in [0.1, 0.15) is 0 Å². The first-order chi connectivity index (χ1) is 6.91. The normalized spacial score (nSPS) is 24.4. The lowest BCUT2D eigenvalue weighted by atomic mass is 9.82. The van der Waals surface area contributed by atoms with Gasteiger partial charge in [-0.3, -0.25) is 0 Å². The fraction of sp³-hybridized carbons (Fsp3) is 1.00. The summed E-state index contributed by atoms with van der Waals surface area (Å²) in [6, 6.07) is 0.375. The average Bonchev–Trinajstić information content (AvgIpc) is 2.15. The summed E-state index contributed by atoms with van der Waals surface area (Å²) in [5.41, 5.74) is 6.63. The van der Waals surface area contributed by atoms with Crippen molar-refractivity contribution in [3.05, 3.63) is 0 Å². The molecular formula is C13H28N2. The largest absolute Gasteiger partial charge is 0.327 e. The van der Waals surface area contributed by atoms with Gasteiger partial charge >= 0.3 is 0 Å². The lowest BCUT2D eigenvalue weighted by Gasteiger charge is -2.37. The molecule has 1 saturated heterocycles. The number of nitrogens with two attached hydrogens (primary N) is 1. The monoisotopic (exact) mass is 212 g/mol. The van der Waals surface area contributed by atoms with Crippen molar-refractivity contribution >= 4 is 0 Å². The second-order valence-corrected chi connectivity index (χ2v) is 6.20. The van der Waals surface area contributed by atoms with Crippen molar-refractivity contribution in [2.75, 3.05) is 19.6 Å². The topological polar surface area (TPSA) is 29.3 Å². The first-order valence-electron chi connectivity index (χ1n) is 6.39. The van der Waals surface area contributed by atoms with E-state index in [4.69, 9.17) is 5.73 Å². The van der Waals surface area contributed by atoms with Crippen molar-refractivity contribution < 1.29 is 0 Å². The molecule has 1 atom stereocenters. The molecule has 15 heavy (non-hydrogen) atoms. The lowest BCUT2D eigenvalue weighted by Crippen LogP contribution is -2.40. The summed E-state index contributed by atoms with van der Waals surface area (Å²) in [5.74, 6) is 0.617. The minimum absolute atomic E-state index is 0.375. The van der Waals surface area contributed by atoms with Gasteiger partial charge < -0.3 is 10.6 Å². The van der Waals surface area contributed by atoms with E-state index in [-0.39, 0.29) is 0 Å². The zero-order valence-corrected chi connectivity index (χ0v) is 10.9. The molecule has 1 aliphatic heterocycles. The van der Waals surface area contributed by atoms with E-state index in [1.54, 1.807) is 0 Å². The minimum atomic E-state index is 0.375. The molecule has 1 fully saturated rings. The number of hydrogen-bond donors (Lipinski definition) is 1. The Hall–Kier alpha value is -0.0800. The van der Waals surface area contributed by atoms with E-state index in [0.29, 0.717) is 17.4 Å². The highest BCUT2D eigenvalue weighted by molar-refractivity contribution is 4.79. The smallest absolute Gasteiger partial charge is 0.00740 e. The van der Waals surface area contributed by atoms with Gasteiger partial charge in [0, 0.05) is 6.04 Å². The Kier molecular flexibility index (Phi) is 4.60. The quantitative estimate of drug-likeness (QED) is 0.776. The molecule has 1 heterocycles. The van der Waals surface area contributed by atoms with Crippen molar-refractivity contribution in [2.24, 2.45) is 17.1 Å². The van der Waals surface area contributed by atoms with Gasteiger partial charge in [0.25, 0.3) is 0 Å². The summed E-state index contributed by atoms with van der Waals surface area (Å²) in [6.07, 6.45) is 3.83. The second kappa shape index (κ2) is 5.31. The van der Waals surface area contributed by atoms with Crippen molar-refractivity contribution in [1.82, 2.24) is 4.90 Å². The third kappa shape index (κ3) is 4.52. The third-order valence-electron chi connectivity index (χ3n) is 3.84. The maximum absolute atomic E-state index is 6.06. The van der Waals surface area contributed by atoms with E-state index >= 15 is 0 Å². The maximum Gasteiger partial charge on any atom is 0.00740 e. The van der Waals surface area contributed by atoms with Crippen LogP contribution in [-0.4, -0.2) is 30.6 Å². The zero-order valence-electron chi connectivity index (χ0n) is 10.9. The Morgan fingerprint density at radius 3 is 2.20 bits per heavy atom. The Morgan fingerprint density at radius 1 is 1.20 bits per heavy atom. The molecule has 0 spiro atoms. The fourth-order valence-corrected chi connectivity index (χ4v) is 2.05. The Morgan fingerprint density at radius 2 is 1.73 bits per heavy atom. The predicted molar refractivity (Wildman–Crippen MR) is 66.9 cm³/mol. The zero-order chi connectivity index (χ0) is 11.5. The van der Waals surface area contributed by atoms with E-state index in [1.165, 1.54) is 32.5 Å². The number of nitrogens with zero attached hydrogens (tertiary/aromatic N) is 1. The maximum atomic E-state index is 6.06. The Balaban J connectivity index is 2.19. The third-order valence-corrected chi connectivity index (χ3v) is 3.84. The summed E-state index contributed by atoms with van der Waals surface area (Å²) in [4.78, 5) is 2.58. The van der Waals surface area contributed by atoms with Crippen molar-refractivity contribution in [1.29, 1.82) is 0 Å². The van der Waals surface area contributed by atoms with Crippen LogP contribution in [0.2, 0.25) is 0 Å². The number of hydrogen-bond acceptors (Lipinski definition) is 2. The highest BCUT2D eigenvalue weighted by Crippen LogP contribution is 2.29. The predicted octanol–water partition coefficient (Wildman–Crippen LogP) is 2.48. The molecule has 2 heteroatoms. The Bertz CT molecular complexity index is 177. The van der Waals surface area contributed by atoms with Gasteiger partial charge in [-0.1, -0.05) is 27.7 Å². The van der Waals surface area contributed by atoms with E-state index in [0.717, 1.165) is 6.42 Å². The molecule has 0 radical (unpaired) electrons. The molecule has 0 amide bonds. The molecule has 0 aromatic carbocycles. The molecule has 1 aliphatic rings. The van der Waals surface area contributed by atoms with E-state index in [2.05, 4.69) is 32.6 Å². The summed E-state index contributed by atoms with van der Waals surface area (Å²) in [5, 5.41) is 0. The number of rotatable bonds is 4. The van der Waals surface area contributed by atoms with Crippen LogP contribution >= 0.6 is 0 Å². The average molecular weight is 212 g/mol.